The van der Waals surface area contributed by atoms with Gasteiger partial charge in [0.15, 0.2) is 5.75 Å². The van der Waals surface area contributed by atoms with Crippen molar-refractivity contribution in [1.29, 1.82) is 0 Å². The summed E-state index contributed by atoms with van der Waals surface area (Å²) in [5.74, 6) is 1.05. The summed E-state index contributed by atoms with van der Waals surface area (Å²) in [5.41, 5.74) is 1.13. The SMILES string of the molecule is CN1CCC(C2c3ccc(F)cc3ON2C)CC1. The van der Waals surface area contributed by atoms with Crippen LogP contribution in [0, 0.1) is 11.7 Å². The predicted molar refractivity (Wildman–Crippen MR) is 67.8 cm³/mol. The molecule has 1 fully saturated rings. The molecule has 0 bridgehead atoms. The third-order valence-corrected chi connectivity index (χ3v) is 4.14. The molecule has 1 aromatic rings. The van der Waals surface area contributed by atoms with E-state index in [1.807, 2.05) is 18.2 Å². The summed E-state index contributed by atoms with van der Waals surface area (Å²) in [4.78, 5) is 8.02. The van der Waals surface area contributed by atoms with E-state index in [0.29, 0.717) is 11.7 Å². The Morgan fingerprint density at radius 3 is 2.67 bits per heavy atom. The molecule has 2 heterocycles. The van der Waals surface area contributed by atoms with E-state index in [2.05, 4.69) is 11.9 Å². The Morgan fingerprint density at radius 2 is 1.94 bits per heavy atom. The lowest BCUT2D eigenvalue weighted by Crippen LogP contribution is -2.36. The lowest BCUT2D eigenvalue weighted by Gasteiger charge is -2.34. The van der Waals surface area contributed by atoms with E-state index in [4.69, 9.17) is 4.84 Å². The highest BCUT2D eigenvalue weighted by Crippen LogP contribution is 2.44. The number of likely N-dealkylation sites (tertiary alicyclic amines) is 1. The Kier molecular flexibility index (Phi) is 2.99. The van der Waals surface area contributed by atoms with E-state index in [1.165, 1.54) is 25.0 Å². The maximum absolute atomic E-state index is 13.2. The summed E-state index contributed by atoms with van der Waals surface area (Å²) in [6, 6.07) is 5.16. The van der Waals surface area contributed by atoms with Crippen molar-refractivity contribution in [3.05, 3.63) is 29.6 Å². The normalized spacial score (nSPS) is 26.1. The molecule has 2 aliphatic heterocycles. The van der Waals surface area contributed by atoms with Gasteiger partial charge in [-0.1, -0.05) is 6.07 Å². The maximum atomic E-state index is 13.2. The lowest BCUT2D eigenvalue weighted by atomic mass is 9.85. The largest absolute Gasteiger partial charge is 0.405 e. The van der Waals surface area contributed by atoms with Crippen molar-refractivity contribution in [2.24, 2.45) is 5.92 Å². The number of fused-ring (bicyclic) bond motifs is 1. The molecule has 0 radical (unpaired) electrons. The Balaban J connectivity index is 1.85. The number of hydroxylamine groups is 2. The molecule has 98 valence electrons. The van der Waals surface area contributed by atoms with Gasteiger partial charge in [0, 0.05) is 18.7 Å². The van der Waals surface area contributed by atoms with Crippen LogP contribution >= 0.6 is 0 Å². The van der Waals surface area contributed by atoms with Gasteiger partial charge in [0.25, 0.3) is 0 Å². The standard InChI is InChI=1S/C14H19FN2O/c1-16-7-5-10(6-8-16)14-12-4-3-11(15)9-13(12)18-17(14)2/h3-4,9-10,14H,5-8H2,1-2H3. The molecule has 0 N–H and O–H groups in total. The fourth-order valence-electron chi connectivity index (χ4n) is 3.13. The van der Waals surface area contributed by atoms with Crippen LogP contribution in [0.4, 0.5) is 4.39 Å². The van der Waals surface area contributed by atoms with Gasteiger partial charge in [-0.05, 0) is 45.0 Å². The third-order valence-electron chi connectivity index (χ3n) is 4.14. The van der Waals surface area contributed by atoms with Crippen LogP contribution in [0.25, 0.3) is 0 Å². The topological polar surface area (TPSA) is 15.7 Å². The first-order valence-corrected chi connectivity index (χ1v) is 6.54. The highest BCUT2D eigenvalue weighted by molar-refractivity contribution is 5.39. The van der Waals surface area contributed by atoms with Crippen LogP contribution in [-0.2, 0) is 0 Å². The monoisotopic (exact) mass is 250 g/mol. The van der Waals surface area contributed by atoms with E-state index >= 15 is 0 Å². The molecule has 1 unspecified atom stereocenters. The second-order valence-electron chi connectivity index (χ2n) is 5.41. The molecule has 1 saturated heterocycles. The third kappa shape index (κ3) is 1.99. The minimum Gasteiger partial charge on any atom is -0.405 e. The molecule has 0 aromatic heterocycles. The number of halogens is 1. The summed E-state index contributed by atoms with van der Waals surface area (Å²) in [6.07, 6.45) is 2.34. The van der Waals surface area contributed by atoms with Crippen LogP contribution in [0.2, 0.25) is 0 Å². The Hall–Kier alpha value is -1.13. The molecule has 0 aliphatic carbocycles. The minimum atomic E-state index is -0.230. The van der Waals surface area contributed by atoms with Gasteiger partial charge in [0.05, 0.1) is 6.04 Å². The molecule has 1 atom stereocenters. The van der Waals surface area contributed by atoms with Crippen molar-refractivity contribution in [1.82, 2.24) is 9.96 Å². The molecule has 3 nitrogen and oxygen atoms in total. The Labute approximate surface area is 107 Å². The van der Waals surface area contributed by atoms with Gasteiger partial charge in [0.1, 0.15) is 5.82 Å². The highest BCUT2D eigenvalue weighted by atomic mass is 19.1. The predicted octanol–water partition coefficient (Wildman–Crippen LogP) is 2.45. The average Bonchev–Trinajstić information content (AvgIpc) is 2.65. The number of nitrogens with zero attached hydrogens (tertiary/aromatic N) is 2. The quantitative estimate of drug-likeness (QED) is 0.761. The van der Waals surface area contributed by atoms with Crippen molar-refractivity contribution in [2.45, 2.75) is 18.9 Å². The van der Waals surface area contributed by atoms with Crippen LogP contribution < -0.4 is 4.84 Å². The molecule has 1 aromatic carbocycles. The maximum Gasteiger partial charge on any atom is 0.155 e. The zero-order chi connectivity index (χ0) is 12.7. The van der Waals surface area contributed by atoms with E-state index in [-0.39, 0.29) is 11.9 Å². The average molecular weight is 250 g/mol. The van der Waals surface area contributed by atoms with Gasteiger partial charge in [-0.2, -0.15) is 0 Å². The number of hydrogen-bond donors (Lipinski definition) is 0. The first-order chi connectivity index (χ1) is 8.65. The molecule has 18 heavy (non-hydrogen) atoms. The summed E-state index contributed by atoms with van der Waals surface area (Å²) < 4.78 is 13.2. The van der Waals surface area contributed by atoms with Crippen molar-refractivity contribution in [2.75, 3.05) is 27.2 Å². The molecule has 2 aliphatic rings. The summed E-state index contributed by atoms with van der Waals surface area (Å²) >= 11 is 0. The number of rotatable bonds is 1. The summed E-state index contributed by atoms with van der Waals surface area (Å²) in [6.45, 7) is 2.26. The van der Waals surface area contributed by atoms with Crippen LogP contribution in [0.5, 0.6) is 5.75 Å². The number of benzene rings is 1. The van der Waals surface area contributed by atoms with Crippen LogP contribution in [0.3, 0.4) is 0 Å². The van der Waals surface area contributed by atoms with Gasteiger partial charge in [-0.25, -0.2) is 4.39 Å². The second-order valence-corrected chi connectivity index (χ2v) is 5.41. The van der Waals surface area contributed by atoms with Gasteiger partial charge in [0.2, 0.25) is 0 Å². The molecule has 0 amide bonds. The first kappa shape index (κ1) is 11.9. The van der Waals surface area contributed by atoms with Crippen molar-refractivity contribution >= 4 is 0 Å². The van der Waals surface area contributed by atoms with Gasteiger partial charge in [-0.15, -0.1) is 5.06 Å². The zero-order valence-corrected chi connectivity index (χ0v) is 10.9. The molecule has 0 spiro atoms. The van der Waals surface area contributed by atoms with E-state index in [0.717, 1.165) is 18.7 Å². The summed E-state index contributed by atoms with van der Waals surface area (Å²) in [7, 11) is 4.11. The number of piperidine rings is 1. The molecular formula is C14H19FN2O. The molecular weight excluding hydrogens is 231 g/mol. The molecule has 3 rings (SSSR count). The lowest BCUT2D eigenvalue weighted by molar-refractivity contribution is -0.0695. The highest BCUT2D eigenvalue weighted by Gasteiger charge is 2.37. The van der Waals surface area contributed by atoms with E-state index < -0.39 is 0 Å². The minimum absolute atomic E-state index is 0.230. The molecule has 4 heteroatoms. The van der Waals surface area contributed by atoms with Crippen molar-refractivity contribution < 1.29 is 9.23 Å². The fraction of sp³-hybridized carbons (Fsp3) is 0.571. The van der Waals surface area contributed by atoms with E-state index in [9.17, 15) is 4.39 Å². The summed E-state index contributed by atoms with van der Waals surface area (Å²) in [5, 5.41) is 1.89. The smallest absolute Gasteiger partial charge is 0.155 e. The Bertz CT molecular complexity index is 443. The fourth-order valence-corrected chi connectivity index (χ4v) is 3.13. The Morgan fingerprint density at radius 1 is 1.22 bits per heavy atom. The van der Waals surface area contributed by atoms with Gasteiger partial charge in [-0.3, -0.25) is 0 Å². The zero-order valence-electron chi connectivity index (χ0n) is 10.9. The van der Waals surface area contributed by atoms with E-state index in [1.54, 1.807) is 0 Å². The van der Waals surface area contributed by atoms with Crippen LogP contribution in [0.15, 0.2) is 18.2 Å². The second kappa shape index (κ2) is 4.52. The van der Waals surface area contributed by atoms with Crippen LogP contribution in [-0.4, -0.2) is 37.1 Å². The first-order valence-electron chi connectivity index (χ1n) is 6.54. The van der Waals surface area contributed by atoms with Gasteiger partial charge < -0.3 is 9.74 Å². The van der Waals surface area contributed by atoms with Crippen LogP contribution in [0.1, 0.15) is 24.4 Å². The van der Waals surface area contributed by atoms with Gasteiger partial charge >= 0.3 is 0 Å². The van der Waals surface area contributed by atoms with Crippen molar-refractivity contribution in [3.8, 4) is 5.75 Å². The number of hydrogen-bond acceptors (Lipinski definition) is 3. The van der Waals surface area contributed by atoms with Crippen molar-refractivity contribution in [3.63, 3.8) is 0 Å². The molecule has 0 saturated carbocycles.